The molecule has 33 heavy (non-hydrogen) atoms. The number of piperazine rings is 1. The molecule has 0 spiro atoms. The minimum absolute atomic E-state index is 0.0149. The van der Waals surface area contributed by atoms with Gasteiger partial charge in [-0.1, -0.05) is 79.8 Å². The molecule has 172 valence electrons. The minimum atomic E-state index is -0.0149. The molecule has 6 nitrogen and oxygen atoms in total. The first kappa shape index (κ1) is 22.1. The van der Waals surface area contributed by atoms with E-state index in [0.29, 0.717) is 11.7 Å². The molecule has 0 amide bonds. The largest absolute Gasteiger partial charge is 0.492 e. The van der Waals surface area contributed by atoms with Crippen molar-refractivity contribution < 1.29 is 5.11 Å². The number of hydrogen-bond donors (Lipinski definition) is 1. The van der Waals surface area contributed by atoms with Crippen LogP contribution in [0.3, 0.4) is 0 Å². The Morgan fingerprint density at radius 1 is 0.939 bits per heavy atom. The van der Waals surface area contributed by atoms with Crippen molar-refractivity contribution >= 4 is 16.3 Å². The summed E-state index contributed by atoms with van der Waals surface area (Å²) in [6.45, 7) is 11.1. The van der Waals surface area contributed by atoms with E-state index in [1.165, 1.54) is 28.0 Å². The fourth-order valence-corrected chi connectivity index (χ4v) is 5.80. The maximum atomic E-state index is 11.1. The maximum Gasteiger partial charge on any atom is 0.230 e. The van der Waals surface area contributed by atoms with E-state index in [4.69, 9.17) is 0 Å². The molecule has 1 saturated heterocycles. The van der Waals surface area contributed by atoms with E-state index in [1.54, 1.807) is 4.52 Å². The standard InChI is InChI=1S/C26H31N5OS/c1-18(2)21-9-11-22(12-10-21)23(24-25(32)31-26(33-24)27-19(3)28-31)30-15-13-29(14-16-30)17-20-7-5-4-6-8-20/h4-12,18,23,32H,13-17H2,1-3H3/t23-/m0/s1. The molecule has 0 aliphatic carbocycles. The number of fused-ring (bicyclic) bond motifs is 1. The fourth-order valence-electron chi connectivity index (χ4n) is 4.64. The number of hydrogen-bond acceptors (Lipinski definition) is 6. The molecule has 3 heterocycles. The summed E-state index contributed by atoms with van der Waals surface area (Å²) >= 11 is 1.54. The molecule has 0 saturated carbocycles. The lowest BCUT2D eigenvalue weighted by Crippen LogP contribution is -2.47. The number of nitrogens with zero attached hydrogens (tertiary/aromatic N) is 5. The monoisotopic (exact) mass is 461 g/mol. The van der Waals surface area contributed by atoms with E-state index in [9.17, 15) is 5.11 Å². The second-order valence-electron chi connectivity index (χ2n) is 9.16. The molecule has 1 atom stereocenters. The Morgan fingerprint density at radius 2 is 1.61 bits per heavy atom. The van der Waals surface area contributed by atoms with Gasteiger partial charge in [-0.3, -0.25) is 9.80 Å². The van der Waals surface area contributed by atoms with E-state index in [-0.39, 0.29) is 11.9 Å². The molecular weight excluding hydrogens is 430 g/mol. The van der Waals surface area contributed by atoms with Crippen molar-refractivity contribution in [2.24, 2.45) is 0 Å². The lowest BCUT2D eigenvalue weighted by atomic mass is 9.97. The van der Waals surface area contributed by atoms with Crippen molar-refractivity contribution in [1.29, 1.82) is 0 Å². The van der Waals surface area contributed by atoms with Crippen molar-refractivity contribution in [2.75, 3.05) is 26.2 Å². The summed E-state index contributed by atoms with van der Waals surface area (Å²) in [6.07, 6.45) is 0. The van der Waals surface area contributed by atoms with Crippen molar-refractivity contribution in [3.8, 4) is 5.88 Å². The third kappa shape index (κ3) is 4.53. The third-order valence-corrected chi connectivity index (χ3v) is 7.57. The first-order valence-electron chi connectivity index (χ1n) is 11.6. The van der Waals surface area contributed by atoms with Crippen molar-refractivity contribution in [3.63, 3.8) is 0 Å². The molecule has 2 aromatic heterocycles. The molecule has 0 radical (unpaired) electrons. The average Bonchev–Trinajstić information content (AvgIpc) is 3.33. The predicted molar refractivity (Wildman–Crippen MR) is 133 cm³/mol. The second kappa shape index (κ2) is 9.25. The van der Waals surface area contributed by atoms with E-state index in [1.807, 2.05) is 6.92 Å². The molecule has 0 bridgehead atoms. The van der Waals surface area contributed by atoms with Gasteiger partial charge in [0, 0.05) is 32.7 Å². The quantitative estimate of drug-likeness (QED) is 0.445. The van der Waals surface area contributed by atoms with E-state index >= 15 is 0 Å². The van der Waals surface area contributed by atoms with Gasteiger partial charge in [-0.05, 0) is 29.5 Å². The molecule has 0 unspecified atom stereocenters. The van der Waals surface area contributed by atoms with Crippen LogP contribution in [0.5, 0.6) is 5.88 Å². The summed E-state index contributed by atoms with van der Waals surface area (Å²) in [4.78, 5) is 11.2. The Morgan fingerprint density at radius 3 is 2.24 bits per heavy atom. The number of aryl methyl sites for hydroxylation is 1. The van der Waals surface area contributed by atoms with Crippen LogP contribution in [-0.4, -0.2) is 55.7 Å². The lowest BCUT2D eigenvalue weighted by molar-refractivity contribution is 0.105. The van der Waals surface area contributed by atoms with Gasteiger partial charge in [0.2, 0.25) is 10.8 Å². The first-order valence-corrected chi connectivity index (χ1v) is 12.5. The van der Waals surface area contributed by atoms with Gasteiger partial charge in [0.15, 0.2) is 0 Å². The number of rotatable bonds is 6. The Labute approximate surface area is 199 Å². The number of thiazole rings is 1. The first-order chi connectivity index (χ1) is 16.0. The highest BCUT2D eigenvalue weighted by atomic mass is 32.1. The van der Waals surface area contributed by atoms with Crippen LogP contribution in [0.25, 0.3) is 4.96 Å². The molecule has 4 aromatic rings. The number of aromatic hydroxyl groups is 1. The Kier molecular flexibility index (Phi) is 6.19. The topological polar surface area (TPSA) is 56.9 Å². The highest BCUT2D eigenvalue weighted by molar-refractivity contribution is 7.17. The molecular formula is C26H31N5OS. The van der Waals surface area contributed by atoms with Gasteiger partial charge in [-0.15, -0.1) is 5.10 Å². The van der Waals surface area contributed by atoms with E-state index in [0.717, 1.165) is 42.6 Å². The Hall–Kier alpha value is -2.74. The SMILES string of the molecule is Cc1nc2sc([C@H](c3ccc(C(C)C)cc3)N3CCN(Cc4ccccc4)CC3)c(O)n2n1. The van der Waals surface area contributed by atoms with Crippen molar-refractivity contribution in [1.82, 2.24) is 24.4 Å². The number of aromatic nitrogens is 3. The van der Waals surface area contributed by atoms with Gasteiger partial charge in [0.05, 0.1) is 10.9 Å². The zero-order valence-electron chi connectivity index (χ0n) is 19.5. The van der Waals surface area contributed by atoms with Gasteiger partial charge >= 0.3 is 0 Å². The van der Waals surface area contributed by atoms with Gasteiger partial charge in [-0.2, -0.15) is 4.52 Å². The molecule has 2 aromatic carbocycles. The summed E-state index contributed by atoms with van der Waals surface area (Å²) in [5, 5.41) is 15.5. The smallest absolute Gasteiger partial charge is 0.230 e. The average molecular weight is 462 g/mol. The van der Waals surface area contributed by atoms with Crippen LogP contribution in [0, 0.1) is 6.92 Å². The van der Waals surface area contributed by atoms with Crippen LogP contribution < -0.4 is 0 Å². The normalized spacial score (nSPS) is 16.6. The summed E-state index contributed by atoms with van der Waals surface area (Å²) < 4.78 is 1.58. The van der Waals surface area contributed by atoms with Crippen molar-refractivity contribution in [2.45, 2.75) is 39.3 Å². The van der Waals surface area contributed by atoms with E-state index in [2.05, 4.69) is 88.3 Å². The van der Waals surface area contributed by atoms with Crippen LogP contribution in [0.15, 0.2) is 54.6 Å². The zero-order chi connectivity index (χ0) is 22.9. The van der Waals surface area contributed by atoms with Crippen LogP contribution in [-0.2, 0) is 6.54 Å². The van der Waals surface area contributed by atoms with Gasteiger partial charge in [0.25, 0.3) is 0 Å². The highest BCUT2D eigenvalue weighted by Gasteiger charge is 2.31. The van der Waals surface area contributed by atoms with Gasteiger partial charge in [-0.25, -0.2) is 4.98 Å². The van der Waals surface area contributed by atoms with Gasteiger partial charge in [0.1, 0.15) is 5.82 Å². The van der Waals surface area contributed by atoms with E-state index < -0.39 is 0 Å². The maximum absolute atomic E-state index is 11.1. The molecule has 1 aliphatic rings. The summed E-state index contributed by atoms with van der Waals surface area (Å²) in [5.74, 6) is 1.38. The molecule has 5 rings (SSSR count). The van der Waals surface area contributed by atoms with Crippen LogP contribution in [0.2, 0.25) is 0 Å². The molecule has 7 heteroatoms. The third-order valence-electron chi connectivity index (χ3n) is 6.49. The second-order valence-corrected chi connectivity index (χ2v) is 10.2. The lowest BCUT2D eigenvalue weighted by Gasteiger charge is -2.39. The Bertz CT molecular complexity index is 1210. The Balaban J connectivity index is 1.42. The summed E-state index contributed by atoms with van der Waals surface area (Å²) in [6, 6.07) is 19.5. The molecule has 1 aliphatic heterocycles. The molecule has 1 fully saturated rings. The molecule has 1 N–H and O–H groups in total. The fraction of sp³-hybridized carbons (Fsp3) is 0.385. The minimum Gasteiger partial charge on any atom is -0.492 e. The van der Waals surface area contributed by atoms with Crippen LogP contribution >= 0.6 is 11.3 Å². The predicted octanol–water partition coefficient (Wildman–Crippen LogP) is 4.84. The van der Waals surface area contributed by atoms with Crippen LogP contribution in [0.1, 0.15) is 53.2 Å². The zero-order valence-corrected chi connectivity index (χ0v) is 20.3. The summed E-state index contributed by atoms with van der Waals surface area (Å²) in [7, 11) is 0. The number of benzene rings is 2. The van der Waals surface area contributed by atoms with Crippen LogP contribution in [0.4, 0.5) is 0 Å². The highest BCUT2D eigenvalue weighted by Crippen LogP contribution is 2.40. The summed E-state index contributed by atoms with van der Waals surface area (Å²) in [5.41, 5.74) is 3.88. The van der Waals surface area contributed by atoms with Gasteiger partial charge < -0.3 is 5.11 Å². The van der Waals surface area contributed by atoms with Crippen molar-refractivity contribution in [3.05, 3.63) is 82.0 Å².